The first-order valence-corrected chi connectivity index (χ1v) is 13.9. The van der Waals surface area contributed by atoms with Gasteiger partial charge in [0.2, 0.25) is 0 Å². The SMILES string of the molecule is O=C(c1nn(C2CCCN(C3CCCOC3)C2)c2c1CS(=O)c1c(F)cccc1-2)N1CCOCC1. The Morgan fingerprint density at radius 3 is 2.69 bits per heavy atom. The Labute approximate surface area is 206 Å². The number of hydrogen-bond donors (Lipinski definition) is 0. The zero-order valence-electron chi connectivity index (χ0n) is 19.8. The number of carbonyl (C=O) groups excluding carboxylic acids is 1. The summed E-state index contributed by atoms with van der Waals surface area (Å²) in [6, 6.07) is 5.25. The van der Waals surface area contributed by atoms with E-state index in [1.165, 1.54) is 6.07 Å². The molecule has 0 spiro atoms. The summed E-state index contributed by atoms with van der Waals surface area (Å²) in [5, 5.41) is 4.90. The van der Waals surface area contributed by atoms with Crippen LogP contribution in [0.1, 0.15) is 47.8 Å². The van der Waals surface area contributed by atoms with Gasteiger partial charge in [-0.1, -0.05) is 12.1 Å². The number of amides is 1. The molecule has 0 saturated carbocycles. The van der Waals surface area contributed by atoms with Crippen LogP contribution in [-0.4, -0.2) is 88.3 Å². The van der Waals surface area contributed by atoms with Gasteiger partial charge in [0.1, 0.15) is 5.82 Å². The molecular formula is C25H31FN4O4S. The predicted octanol–water partition coefficient (Wildman–Crippen LogP) is 2.60. The van der Waals surface area contributed by atoms with Gasteiger partial charge in [-0.25, -0.2) is 4.39 Å². The predicted molar refractivity (Wildman–Crippen MR) is 128 cm³/mol. The molecule has 188 valence electrons. The van der Waals surface area contributed by atoms with E-state index in [2.05, 4.69) is 4.90 Å². The number of morpholine rings is 1. The molecule has 10 heteroatoms. The molecule has 8 nitrogen and oxygen atoms in total. The number of aromatic nitrogens is 2. The van der Waals surface area contributed by atoms with Gasteiger partial charge >= 0.3 is 0 Å². The molecule has 35 heavy (non-hydrogen) atoms. The first kappa shape index (κ1) is 23.3. The van der Waals surface area contributed by atoms with E-state index < -0.39 is 16.6 Å². The average molecular weight is 503 g/mol. The zero-order chi connectivity index (χ0) is 23.9. The van der Waals surface area contributed by atoms with Crippen LogP contribution in [0.2, 0.25) is 0 Å². The Balaban J connectivity index is 1.42. The zero-order valence-corrected chi connectivity index (χ0v) is 20.6. The lowest BCUT2D eigenvalue weighted by molar-refractivity contribution is 0.00208. The number of nitrogens with zero attached hydrogens (tertiary/aromatic N) is 4. The molecule has 1 aromatic heterocycles. The van der Waals surface area contributed by atoms with E-state index in [0.717, 1.165) is 57.7 Å². The molecule has 1 aromatic carbocycles. The van der Waals surface area contributed by atoms with Crippen molar-refractivity contribution in [3.8, 4) is 11.3 Å². The standard InChI is InChI=1S/C25H31FN4O4S/c26-21-7-1-6-19-23-20(16-35(32)24(19)21)22(25(31)28-9-12-33-13-10-28)27-30(23)17-4-2-8-29(14-17)18-5-3-11-34-15-18/h1,6-7,17-18H,2-5,8-16H2. The molecule has 4 aliphatic heterocycles. The van der Waals surface area contributed by atoms with Crippen molar-refractivity contribution in [1.82, 2.24) is 19.6 Å². The lowest BCUT2D eigenvalue weighted by Crippen LogP contribution is -2.47. The van der Waals surface area contributed by atoms with E-state index in [1.54, 1.807) is 11.0 Å². The topological polar surface area (TPSA) is 76.9 Å². The summed E-state index contributed by atoms with van der Waals surface area (Å²) in [5.41, 5.74) is 2.37. The summed E-state index contributed by atoms with van der Waals surface area (Å²) in [6.45, 7) is 5.40. The average Bonchev–Trinajstić information content (AvgIpc) is 3.29. The van der Waals surface area contributed by atoms with Gasteiger partial charge in [0.25, 0.3) is 5.91 Å². The number of rotatable bonds is 3. The van der Waals surface area contributed by atoms with Crippen molar-refractivity contribution >= 4 is 16.7 Å². The van der Waals surface area contributed by atoms with E-state index >= 15 is 0 Å². The highest BCUT2D eigenvalue weighted by molar-refractivity contribution is 7.84. The van der Waals surface area contributed by atoms with Gasteiger partial charge in [-0.05, 0) is 38.3 Å². The Hall–Kier alpha value is -2.14. The van der Waals surface area contributed by atoms with E-state index in [9.17, 15) is 13.4 Å². The van der Waals surface area contributed by atoms with Crippen LogP contribution in [-0.2, 0) is 26.0 Å². The summed E-state index contributed by atoms with van der Waals surface area (Å²) < 4.78 is 41.1. The number of piperidine rings is 1. The minimum absolute atomic E-state index is 0.0494. The molecule has 4 aliphatic rings. The molecule has 3 fully saturated rings. The Morgan fingerprint density at radius 1 is 1.06 bits per heavy atom. The molecule has 1 amide bonds. The van der Waals surface area contributed by atoms with Crippen LogP contribution in [0.3, 0.4) is 0 Å². The van der Waals surface area contributed by atoms with E-state index in [4.69, 9.17) is 14.6 Å². The second kappa shape index (κ2) is 9.72. The summed E-state index contributed by atoms with van der Waals surface area (Å²) in [4.78, 5) is 18.0. The maximum atomic E-state index is 14.8. The first-order chi connectivity index (χ1) is 17.1. The van der Waals surface area contributed by atoms with E-state index in [1.807, 2.05) is 10.7 Å². The van der Waals surface area contributed by atoms with Crippen molar-refractivity contribution in [3.63, 3.8) is 0 Å². The monoisotopic (exact) mass is 502 g/mol. The molecule has 0 radical (unpaired) electrons. The van der Waals surface area contributed by atoms with Crippen molar-refractivity contribution in [1.29, 1.82) is 0 Å². The van der Waals surface area contributed by atoms with Gasteiger partial charge in [-0.2, -0.15) is 5.10 Å². The van der Waals surface area contributed by atoms with Crippen molar-refractivity contribution in [2.24, 2.45) is 0 Å². The highest BCUT2D eigenvalue weighted by atomic mass is 32.2. The van der Waals surface area contributed by atoms with Gasteiger partial charge in [-0.3, -0.25) is 18.6 Å². The van der Waals surface area contributed by atoms with Crippen molar-refractivity contribution in [2.45, 2.75) is 48.4 Å². The van der Waals surface area contributed by atoms with Crippen LogP contribution in [0.25, 0.3) is 11.3 Å². The second-order valence-corrected chi connectivity index (χ2v) is 11.2. The smallest absolute Gasteiger partial charge is 0.274 e. The summed E-state index contributed by atoms with van der Waals surface area (Å²) in [7, 11) is -1.57. The quantitative estimate of drug-likeness (QED) is 0.642. The number of benzene rings is 1. The third-order valence-electron chi connectivity index (χ3n) is 7.66. The van der Waals surface area contributed by atoms with Crippen LogP contribution in [0, 0.1) is 5.82 Å². The largest absolute Gasteiger partial charge is 0.380 e. The van der Waals surface area contributed by atoms with Crippen molar-refractivity contribution < 1.29 is 22.9 Å². The fraction of sp³-hybridized carbons (Fsp3) is 0.600. The van der Waals surface area contributed by atoms with Gasteiger partial charge < -0.3 is 14.4 Å². The fourth-order valence-corrected chi connectivity index (χ4v) is 7.28. The number of ether oxygens (including phenoxy) is 2. The fourth-order valence-electron chi connectivity index (χ4n) is 5.90. The molecule has 3 atom stereocenters. The Kier molecular flexibility index (Phi) is 6.46. The Bertz CT molecular complexity index is 1140. The van der Waals surface area contributed by atoms with Crippen LogP contribution < -0.4 is 0 Å². The summed E-state index contributed by atoms with van der Waals surface area (Å²) in [6.07, 6.45) is 4.14. The lowest BCUT2D eigenvalue weighted by atomic mass is 9.99. The van der Waals surface area contributed by atoms with Gasteiger partial charge in [-0.15, -0.1) is 0 Å². The molecular weight excluding hydrogens is 471 g/mol. The minimum atomic E-state index is -1.57. The molecule has 0 N–H and O–H groups in total. The Morgan fingerprint density at radius 2 is 1.89 bits per heavy atom. The second-order valence-electron chi connectivity index (χ2n) is 9.79. The third-order valence-corrected chi connectivity index (χ3v) is 9.08. The highest BCUT2D eigenvalue weighted by Gasteiger charge is 2.38. The molecule has 5 heterocycles. The normalized spacial score (nSPS) is 27.3. The van der Waals surface area contributed by atoms with Gasteiger partial charge in [0.15, 0.2) is 5.69 Å². The summed E-state index contributed by atoms with van der Waals surface area (Å²) in [5.74, 6) is -0.528. The summed E-state index contributed by atoms with van der Waals surface area (Å²) >= 11 is 0. The van der Waals surface area contributed by atoms with Gasteiger partial charge in [0.05, 0.1) is 53.0 Å². The number of halogens is 1. The number of likely N-dealkylation sites (tertiary alicyclic amines) is 1. The maximum absolute atomic E-state index is 14.8. The number of hydrogen-bond acceptors (Lipinski definition) is 6. The molecule has 2 aromatic rings. The third kappa shape index (κ3) is 4.24. The van der Waals surface area contributed by atoms with Crippen molar-refractivity contribution in [2.75, 3.05) is 52.6 Å². The molecule has 3 unspecified atom stereocenters. The van der Waals surface area contributed by atoms with Crippen LogP contribution in [0.4, 0.5) is 4.39 Å². The van der Waals surface area contributed by atoms with Crippen LogP contribution in [0.5, 0.6) is 0 Å². The van der Waals surface area contributed by atoms with E-state index in [0.29, 0.717) is 49.2 Å². The lowest BCUT2D eigenvalue weighted by Gasteiger charge is -2.40. The van der Waals surface area contributed by atoms with Crippen molar-refractivity contribution in [3.05, 3.63) is 35.3 Å². The maximum Gasteiger partial charge on any atom is 0.274 e. The number of carbonyl (C=O) groups is 1. The molecule has 0 bridgehead atoms. The molecule has 3 saturated heterocycles. The minimum Gasteiger partial charge on any atom is -0.380 e. The number of fused-ring (bicyclic) bond motifs is 3. The van der Waals surface area contributed by atoms with Crippen LogP contribution >= 0.6 is 0 Å². The first-order valence-electron chi connectivity index (χ1n) is 12.6. The highest BCUT2D eigenvalue weighted by Crippen LogP contribution is 2.41. The van der Waals surface area contributed by atoms with E-state index in [-0.39, 0.29) is 22.6 Å². The van der Waals surface area contributed by atoms with Gasteiger partial charge in [0, 0.05) is 43.4 Å². The van der Waals surface area contributed by atoms with Crippen LogP contribution in [0.15, 0.2) is 23.1 Å². The molecule has 0 aliphatic carbocycles. The molecule has 6 rings (SSSR count).